The Hall–Kier alpha value is -1.09. The maximum absolute atomic E-state index is 13.5. The van der Waals surface area contributed by atoms with E-state index in [1.165, 1.54) is 0 Å². The van der Waals surface area contributed by atoms with E-state index in [1.54, 1.807) is 0 Å². The second-order valence-electron chi connectivity index (χ2n) is 7.07. The van der Waals surface area contributed by atoms with Crippen LogP contribution in [-0.2, 0) is 4.74 Å². The molecule has 0 radical (unpaired) electrons. The molecule has 0 saturated heterocycles. The summed E-state index contributed by atoms with van der Waals surface area (Å²) in [5, 5.41) is 0. The minimum atomic E-state index is -8.25. The summed E-state index contributed by atoms with van der Waals surface area (Å²) in [6, 6.07) is 0. The third-order valence-corrected chi connectivity index (χ3v) is 4.82. The first-order valence-electron chi connectivity index (χ1n) is 8.49. The molecule has 0 aromatic heterocycles. The molecule has 1 rings (SSSR count). The third kappa shape index (κ3) is 4.54. The number of hydrogen-bond acceptors (Lipinski definition) is 1. The van der Waals surface area contributed by atoms with Gasteiger partial charge in [0.25, 0.3) is 0 Å². The zero-order valence-corrected chi connectivity index (χ0v) is 15.1. The predicted molar refractivity (Wildman–Crippen MR) is 73.1 cm³/mol. The van der Waals surface area contributed by atoms with Gasteiger partial charge in [-0.15, -0.1) is 0 Å². The fraction of sp³-hybridized carbons (Fsp3) is 1.00. The molecule has 186 valence electrons. The van der Waals surface area contributed by atoms with Crippen LogP contribution in [0.15, 0.2) is 0 Å². The molecule has 1 nitrogen and oxygen atoms in total. The highest BCUT2D eigenvalue weighted by Gasteiger charge is 2.93. The molecule has 0 bridgehead atoms. The molecule has 31 heavy (non-hydrogen) atoms. The van der Waals surface area contributed by atoms with Crippen molar-refractivity contribution in [1.82, 2.24) is 0 Å². The SMILES string of the molecule is FC(F)(F)C(F)(F)C(F)(F)C(F)(F)C(F)(F)C(F)(F)C(F)(F)COCCC1CCCC1. The molecule has 1 saturated carbocycles. The Morgan fingerprint density at radius 2 is 0.935 bits per heavy atom. The fourth-order valence-electron chi connectivity index (χ4n) is 2.84. The molecule has 1 fully saturated rings. The largest absolute Gasteiger partial charge is 0.460 e. The van der Waals surface area contributed by atoms with Crippen LogP contribution in [0.2, 0.25) is 0 Å². The first-order chi connectivity index (χ1) is 13.6. The van der Waals surface area contributed by atoms with Crippen molar-refractivity contribution in [1.29, 1.82) is 0 Å². The standard InChI is InChI=1S/C15H15F15O/c16-9(17,7-31-6-5-8-3-1-2-4-8)10(18,19)11(20,21)12(22,23)13(24,25)14(26,27)15(28,29)30/h8H,1-7H2. The van der Waals surface area contributed by atoms with Gasteiger partial charge in [-0.25, -0.2) is 0 Å². The fourth-order valence-corrected chi connectivity index (χ4v) is 2.84. The van der Waals surface area contributed by atoms with E-state index in [2.05, 4.69) is 4.74 Å². The molecule has 0 amide bonds. The van der Waals surface area contributed by atoms with Gasteiger partial charge in [0.05, 0.1) is 0 Å². The van der Waals surface area contributed by atoms with Gasteiger partial charge in [0.15, 0.2) is 0 Å². The molecule has 0 aromatic carbocycles. The smallest absolute Gasteiger partial charge is 0.375 e. The van der Waals surface area contributed by atoms with Crippen molar-refractivity contribution in [3.05, 3.63) is 0 Å². The maximum Gasteiger partial charge on any atom is 0.460 e. The van der Waals surface area contributed by atoms with Crippen molar-refractivity contribution < 1.29 is 70.6 Å². The summed E-state index contributed by atoms with van der Waals surface area (Å²) < 4.78 is 199. The van der Waals surface area contributed by atoms with Gasteiger partial charge in [-0.1, -0.05) is 25.7 Å². The normalized spacial score (nSPS) is 18.7. The summed E-state index contributed by atoms with van der Waals surface area (Å²) in [5.74, 6) is -46.4. The van der Waals surface area contributed by atoms with Crippen molar-refractivity contribution in [2.75, 3.05) is 13.2 Å². The van der Waals surface area contributed by atoms with Gasteiger partial charge in [0, 0.05) is 6.61 Å². The van der Waals surface area contributed by atoms with Crippen LogP contribution in [0, 0.1) is 5.92 Å². The van der Waals surface area contributed by atoms with E-state index in [-0.39, 0.29) is 12.3 Å². The molecule has 0 unspecified atom stereocenters. The van der Waals surface area contributed by atoms with Gasteiger partial charge >= 0.3 is 41.7 Å². The summed E-state index contributed by atoms with van der Waals surface area (Å²) in [6.45, 7) is -3.44. The van der Waals surface area contributed by atoms with Crippen LogP contribution in [0.25, 0.3) is 0 Å². The Kier molecular flexibility index (Phi) is 7.53. The highest BCUT2D eigenvalue weighted by molar-refractivity contribution is 5.13. The monoisotopic (exact) mass is 496 g/mol. The van der Waals surface area contributed by atoms with Crippen molar-refractivity contribution in [3.8, 4) is 0 Å². The lowest BCUT2D eigenvalue weighted by molar-refractivity contribution is -0.453. The lowest BCUT2D eigenvalue weighted by atomic mass is 9.91. The highest BCUT2D eigenvalue weighted by Crippen LogP contribution is 2.62. The van der Waals surface area contributed by atoms with Gasteiger partial charge in [-0.05, 0) is 12.3 Å². The average Bonchev–Trinajstić information content (AvgIpc) is 3.10. The Morgan fingerprint density at radius 3 is 1.35 bits per heavy atom. The van der Waals surface area contributed by atoms with Gasteiger partial charge < -0.3 is 4.74 Å². The number of ether oxygens (including phenoxy) is 1. The van der Waals surface area contributed by atoms with Crippen molar-refractivity contribution in [2.45, 2.75) is 73.8 Å². The van der Waals surface area contributed by atoms with Crippen LogP contribution in [0.3, 0.4) is 0 Å². The minimum Gasteiger partial charge on any atom is -0.375 e. The highest BCUT2D eigenvalue weighted by atomic mass is 19.4. The van der Waals surface area contributed by atoms with Crippen LogP contribution < -0.4 is 0 Å². The third-order valence-electron chi connectivity index (χ3n) is 4.82. The predicted octanol–water partition coefficient (Wildman–Crippen LogP) is 6.96. The van der Waals surface area contributed by atoms with Crippen LogP contribution in [0.4, 0.5) is 65.9 Å². The van der Waals surface area contributed by atoms with E-state index >= 15 is 0 Å². The second-order valence-corrected chi connectivity index (χ2v) is 7.07. The molecule has 16 heteroatoms. The quantitative estimate of drug-likeness (QED) is 0.235. The second kappa shape index (κ2) is 8.36. The van der Waals surface area contributed by atoms with Gasteiger partial charge in [-0.2, -0.15) is 65.9 Å². The molecule has 0 atom stereocenters. The van der Waals surface area contributed by atoms with Crippen molar-refractivity contribution >= 4 is 0 Å². The zero-order valence-electron chi connectivity index (χ0n) is 15.1. The van der Waals surface area contributed by atoms with E-state index < -0.39 is 54.9 Å². The summed E-state index contributed by atoms with van der Waals surface area (Å²) in [4.78, 5) is 0. The first-order valence-corrected chi connectivity index (χ1v) is 8.49. The van der Waals surface area contributed by atoms with E-state index in [0.717, 1.165) is 12.8 Å². The molecular weight excluding hydrogens is 481 g/mol. The number of hydrogen-bond donors (Lipinski definition) is 0. The van der Waals surface area contributed by atoms with Crippen molar-refractivity contribution in [3.63, 3.8) is 0 Å². The number of rotatable bonds is 10. The van der Waals surface area contributed by atoms with Gasteiger partial charge in [0.2, 0.25) is 0 Å². The average molecular weight is 496 g/mol. The Balaban J connectivity index is 3.10. The van der Waals surface area contributed by atoms with Crippen LogP contribution in [0.1, 0.15) is 32.1 Å². The summed E-state index contributed by atoms with van der Waals surface area (Å²) >= 11 is 0. The Labute approximate surface area is 164 Å². The summed E-state index contributed by atoms with van der Waals surface area (Å²) in [7, 11) is 0. The van der Waals surface area contributed by atoms with Crippen molar-refractivity contribution in [2.24, 2.45) is 5.92 Å². The number of halogens is 15. The van der Waals surface area contributed by atoms with E-state index in [0.29, 0.717) is 12.8 Å². The molecule has 0 N–H and O–H groups in total. The first kappa shape index (κ1) is 27.9. The Morgan fingerprint density at radius 1 is 0.548 bits per heavy atom. The molecule has 0 aromatic rings. The minimum absolute atomic E-state index is 0.00984. The van der Waals surface area contributed by atoms with Crippen LogP contribution in [0.5, 0.6) is 0 Å². The maximum atomic E-state index is 13.5. The Bertz CT molecular complexity index is 604. The van der Waals surface area contributed by atoms with Crippen LogP contribution in [-0.4, -0.2) is 54.9 Å². The van der Waals surface area contributed by atoms with E-state index in [1.807, 2.05) is 0 Å². The molecule has 1 aliphatic rings. The zero-order chi connectivity index (χ0) is 24.7. The summed E-state index contributed by atoms with van der Waals surface area (Å²) in [5.41, 5.74) is 0. The van der Waals surface area contributed by atoms with Gasteiger partial charge in [-0.3, -0.25) is 0 Å². The molecule has 0 heterocycles. The van der Waals surface area contributed by atoms with Gasteiger partial charge in [0.1, 0.15) is 6.61 Å². The molecule has 1 aliphatic carbocycles. The lowest BCUT2D eigenvalue weighted by Crippen LogP contribution is -2.73. The topological polar surface area (TPSA) is 9.23 Å². The van der Waals surface area contributed by atoms with E-state index in [4.69, 9.17) is 0 Å². The number of alkyl halides is 15. The molecular formula is C15H15F15O. The van der Waals surface area contributed by atoms with E-state index in [9.17, 15) is 65.9 Å². The molecule has 0 aliphatic heterocycles. The van der Waals surface area contributed by atoms with Crippen LogP contribution >= 0.6 is 0 Å². The summed E-state index contributed by atoms with van der Waals surface area (Å²) in [6.07, 6.45) is -4.86. The lowest BCUT2D eigenvalue weighted by Gasteiger charge is -2.41. The molecule has 0 spiro atoms.